The second kappa shape index (κ2) is 9.36. The summed E-state index contributed by atoms with van der Waals surface area (Å²) in [5.74, 6) is -3.23. The largest absolute Gasteiger partial charge is 0.452 e. The molecule has 148 valence electrons. The van der Waals surface area contributed by atoms with Crippen LogP contribution < -0.4 is 5.32 Å². The highest BCUT2D eigenvalue weighted by atomic mass is 19.1. The smallest absolute Gasteiger partial charge is 0.331 e. The van der Waals surface area contributed by atoms with Crippen LogP contribution in [0.15, 0.2) is 60.8 Å². The van der Waals surface area contributed by atoms with Crippen molar-refractivity contribution < 1.29 is 23.1 Å². The number of esters is 1. The summed E-state index contributed by atoms with van der Waals surface area (Å²) < 4.78 is 32.7. The van der Waals surface area contributed by atoms with Crippen LogP contribution >= 0.6 is 0 Å². The maximum absolute atomic E-state index is 13.5. The SMILES string of the molecule is O=C(COC(=O)/C=C/c1cn(Cc2ccccc2)nn1)Nc1ccc(F)cc1F. The highest BCUT2D eigenvalue weighted by molar-refractivity contribution is 5.94. The maximum Gasteiger partial charge on any atom is 0.331 e. The Morgan fingerprint density at radius 3 is 2.69 bits per heavy atom. The summed E-state index contributed by atoms with van der Waals surface area (Å²) in [7, 11) is 0. The molecule has 3 aromatic rings. The molecule has 29 heavy (non-hydrogen) atoms. The molecule has 9 heteroatoms. The molecule has 3 rings (SSSR count). The number of halogens is 2. The third-order valence-electron chi connectivity index (χ3n) is 3.68. The second-order valence-electron chi connectivity index (χ2n) is 5.94. The summed E-state index contributed by atoms with van der Waals surface area (Å²) in [6.45, 7) is -0.0903. The first kappa shape index (κ1) is 19.9. The number of carbonyl (C=O) groups excluding carboxylic acids is 2. The zero-order valence-electron chi connectivity index (χ0n) is 15.1. The van der Waals surface area contributed by atoms with Crippen LogP contribution in [0.3, 0.4) is 0 Å². The average Bonchev–Trinajstić information content (AvgIpc) is 3.15. The molecule has 1 amide bonds. The predicted molar refractivity (Wildman–Crippen MR) is 101 cm³/mol. The van der Waals surface area contributed by atoms with Crippen molar-refractivity contribution in [2.45, 2.75) is 6.54 Å². The zero-order chi connectivity index (χ0) is 20.6. The molecule has 0 saturated carbocycles. The number of carbonyl (C=O) groups is 2. The summed E-state index contributed by atoms with van der Waals surface area (Å²) in [5, 5.41) is 10.1. The minimum atomic E-state index is -0.928. The fourth-order valence-electron chi connectivity index (χ4n) is 2.35. The number of ether oxygens (including phenoxy) is 1. The Balaban J connectivity index is 1.46. The van der Waals surface area contributed by atoms with Crippen molar-refractivity contribution in [3.63, 3.8) is 0 Å². The predicted octanol–water partition coefficient (Wildman–Crippen LogP) is 2.80. The Labute approximate surface area is 164 Å². The van der Waals surface area contributed by atoms with E-state index in [2.05, 4.69) is 15.6 Å². The molecule has 0 saturated heterocycles. The van der Waals surface area contributed by atoms with E-state index in [1.165, 1.54) is 6.08 Å². The van der Waals surface area contributed by atoms with Gasteiger partial charge in [-0.2, -0.15) is 0 Å². The standard InChI is InChI=1S/C20H16F2N4O3/c21-15-6-8-18(17(22)10-15)23-19(27)13-29-20(28)9-7-16-12-26(25-24-16)11-14-4-2-1-3-5-14/h1-10,12H,11,13H2,(H,23,27)/b9-7+. The van der Waals surface area contributed by atoms with Crippen LogP contribution in [0.5, 0.6) is 0 Å². The second-order valence-corrected chi connectivity index (χ2v) is 5.94. The van der Waals surface area contributed by atoms with Gasteiger partial charge in [0.2, 0.25) is 0 Å². The number of hydrogen-bond donors (Lipinski definition) is 1. The van der Waals surface area contributed by atoms with Gasteiger partial charge < -0.3 is 10.1 Å². The molecule has 1 N–H and O–H groups in total. The van der Waals surface area contributed by atoms with Gasteiger partial charge in [-0.15, -0.1) is 5.10 Å². The van der Waals surface area contributed by atoms with Gasteiger partial charge in [0, 0.05) is 12.1 Å². The third-order valence-corrected chi connectivity index (χ3v) is 3.68. The topological polar surface area (TPSA) is 86.1 Å². The molecule has 1 heterocycles. The van der Waals surface area contributed by atoms with Crippen molar-refractivity contribution in [2.75, 3.05) is 11.9 Å². The minimum absolute atomic E-state index is 0.210. The molecule has 0 fully saturated rings. The number of hydrogen-bond acceptors (Lipinski definition) is 5. The number of rotatable bonds is 7. The molecular formula is C20H16F2N4O3. The summed E-state index contributed by atoms with van der Waals surface area (Å²) in [6.07, 6.45) is 4.15. The summed E-state index contributed by atoms with van der Waals surface area (Å²) >= 11 is 0. The van der Waals surface area contributed by atoms with Crippen molar-refractivity contribution >= 4 is 23.6 Å². The zero-order valence-corrected chi connectivity index (χ0v) is 15.1. The van der Waals surface area contributed by atoms with Gasteiger partial charge in [-0.25, -0.2) is 18.3 Å². The molecule has 0 spiro atoms. The van der Waals surface area contributed by atoms with Crippen LogP contribution in [-0.4, -0.2) is 33.5 Å². The lowest BCUT2D eigenvalue weighted by molar-refractivity contribution is -0.142. The Morgan fingerprint density at radius 1 is 1.14 bits per heavy atom. The van der Waals surface area contributed by atoms with E-state index in [0.717, 1.165) is 23.8 Å². The van der Waals surface area contributed by atoms with Crippen molar-refractivity contribution in [2.24, 2.45) is 0 Å². The first-order chi connectivity index (χ1) is 14.0. The van der Waals surface area contributed by atoms with Gasteiger partial charge in [-0.1, -0.05) is 35.5 Å². The molecule has 0 aliphatic carbocycles. The summed E-state index contributed by atoms with van der Waals surface area (Å²) in [4.78, 5) is 23.4. The first-order valence-electron chi connectivity index (χ1n) is 8.53. The number of anilines is 1. The maximum atomic E-state index is 13.5. The molecule has 7 nitrogen and oxygen atoms in total. The highest BCUT2D eigenvalue weighted by Gasteiger charge is 2.10. The van der Waals surface area contributed by atoms with E-state index in [9.17, 15) is 18.4 Å². The van der Waals surface area contributed by atoms with Crippen molar-refractivity contribution in [1.82, 2.24) is 15.0 Å². The molecule has 1 aromatic heterocycles. The van der Waals surface area contributed by atoms with E-state index in [1.807, 2.05) is 30.3 Å². The van der Waals surface area contributed by atoms with E-state index in [4.69, 9.17) is 4.74 Å². The van der Waals surface area contributed by atoms with E-state index in [1.54, 1.807) is 10.9 Å². The van der Waals surface area contributed by atoms with Gasteiger partial charge >= 0.3 is 5.97 Å². The van der Waals surface area contributed by atoms with Crippen LogP contribution in [0.1, 0.15) is 11.3 Å². The van der Waals surface area contributed by atoms with E-state index >= 15 is 0 Å². The van der Waals surface area contributed by atoms with Crippen molar-refractivity contribution in [1.29, 1.82) is 0 Å². The van der Waals surface area contributed by atoms with Crippen LogP contribution in [-0.2, 0) is 20.9 Å². The Kier molecular flexibility index (Phi) is 6.41. The van der Waals surface area contributed by atoms with Gasteiger partial charge in [-0.05, 0) is 23.8 Å². The van der Waals surface area contributed by atoms with Gasteiger partial charge in [-0.3, -0.25) is 4.79 Å². The Bertz CT molecular complexity index is 1040. The van der Waals surface area contributed by atoms with Crippen molar-refractivity contribution in [3.8, 4) is 0 Å². The molecular weight excluding hydrogens is 382 g/mol. The monoisotopic (exact) mass is 398 g/mol. The number of aromatic nitrogens is 3. The summed E-state index contributed by atoms with van der Waals surface area (Å²) in [6, 6.07) is 12.4. The fraction of sp³-hybridized carbons (Fsp3) is 0.100. The van der Waals surface area contributed by atoms with Crippen molar-refractivity contribution in [3.05, 3.63) is 83.7 Å². The Morgan fingerprint density at radius 2 is 1.93 bits per heavy atom. The van der Waals surface area contributed by atoms with Crippen LogP contribution in [0, 0.1) is 11.6 Å². The molecule has 0 aliphatic rings. The van der Waals surface area contributed by atoms with Gasteiger partial charge in [0.25, 0.3) is 5.91 Å². The first-order valence-corrected chi connectivity index (χ1v) is 8.53. The number of nitrogens with one attached hydrogen (secondary N) is 1. The molecule has 0 radical (unpaired) electrons. The van der Waals surface area contributed by atoms with Crippen LogP contribution in [0.2, 0.25) is 0 Å². The minimum Gasteiger partial charge on any atom is -0.452 e. The quantitative estimate of drug-likeness (QED) is 0.489. The van der Waals surface area contributed by atoms with E-state index in [0.29, 0.717) is 18.3 Å². The summed E-state index contributed by atoms with van der Waals surface area (Å²) in [5.41, 5.74) is 1.28. The van der Waals surface area contributed by atoms with Gasteiger partial charge in [0.05, 0.1) is 18.4 Å². The average molecular weight is 398 g/mol. The van der Waals surface area contributed by atoms with E-state index in [-0.39, 0.29) is 5.69 Å². The Hall–Kier alpha value is -3.88. The number of amides is 1. The molecule has 0 atom stereocenters. The van der Waals surface area contributed by atoms with Gasteiger partial charge in [0.1, 0.15) is 17.3 Å². The molecule has 2 aromatic carbocycles. The number of nitrogens with zero attached hydrogens (tertiary/aromatic N) is 3. The normalized spacial score (nSPS) is 10.8. The lowest BCUT2D eigenvalue weighted by Crippen LogP contribution is -2.20. The lowest BCUT2D eigenvalue weighted by Gasteiger charge is -2.06. The molecule has 0 bridgehead atoms. The third kappa shape index (κ3) is 6.06. The lowest BCUT2D eigenvalue weighted by atomic mass is 10.2. The van der Waals surface area contributed by atoms with Gasteiger partial charge in [0.15, 0.2) is 6.61 Å². The van der Waals surface area contributed by atoms with Crippen LogP contribution in [0.4, 0.5) is 14.5 Å². The number of benzene rings is 2. The van der Waals surface area contributed by atoms with E-state index < -0.39 is 30.1 Å². The molecule has 0 unspecified atom stereocenters. The highest BCUT2D eigenvalue weighted by Crippen LogP contribution is 2.14. The fourth-order valence-corrected chi connectivity index (χ4v) is 2.35. The van der Waals surface area contributed by atoms with Crippen LogP contribution in [0.25, 0.3) is 6.08 Å². The molecule has 0 aliphatic heterocycles.